The van der Waals surface area contributed by atoms with Gasteiger partial charge in [-0.3, -0.25) is 0 Å². The van der Waals surface area contributed by atoms with Crippen molar-refractivity contribution in [2.75, 3.05) is 6.67 Å². The van der Waals surface area contributed by atoms with Crippen LogP contribution in [0.25, 0.3) is 0 Å². The van der Waals surface area contributed by atoms with Crippen LogP contribution in [0.4, 0.5) is 18.0 Å². The summed E-state index contributed by atoms with van der Waals surface area (Å²) < 4.78 is 36.9. The van der Waals surface area contributed by atoms with Crippen molar-refractivity contribution in [1.82, 2.24) is 5.73 Å². The van der Waals surface area contributed by atoms with Crippen LogP contribution in [0.5, 0.6) is 0 Å². The maximum absolute atomic E-state index is 11.5. The molecule has 6 heteroatoms. The molecule has 0 aromatic heterocycles. The fourth-order valence-corrected chi connectivity index (χ4v) is 0.163. The van der Waals surface area contributed by atoms with Crippen LogP contribution in [-0.2, 0) is 4.74 Å². The molecule has 0 bridgehead atoms. The van der Waals surface area contributed by atoms with Gasteiger partial charge in [0.25, 0.3) is 0 Å². The Kier molecular flexibility index (Phi) is 2.29. The molecule has 1 radical (unpaired) electrons. The van der Waals surface area contributed by atoms with Crippen LogP contribution in [0.1, 0.15) is 0 Å². The molecule has 9 heavy (non-hydrogen) atoms. The maximum Gasteiger partial charge on any atom is 0.430 e. The SMILES string of the molecule is [NH]C(=O)OC(F)(F)CF. The number of nitrogens with one attached hydrogen (secondary N) is 1. The summed E-state index contributed by atoms with van der Waals surface area (Å²) in [7, 11) is 0. The Labute approximate surface area is 48.6 Å². The van der Waals surface area contributed by atoms with E-state index >= 15 is 0 Å². The molecular formula is C3H3F3NO2. The first-order valence-corrected chi connectivity index (χ1v) is 1.86. The van der Waals surface area contributed by atoms with Crippen LogP contribution < -0.4 is 5.73 Å². The van der Waals surface area contributed by atoms with Gasteiger partial charge in [-0.15, -0.1) is 0 Å². The predicted molar refractivity (Wildman–Crippen MR) is 20.5 cm³/mol. The number of carbonyl (C=O) groups is 1. The van der Waals surface area contributed by atoms with Crippen LogP contribution in [0.2, 0.25) is 0 Å². The summed E-state index contributed by atoms with van der Waals surface area (Å²) in [6.45, 7) is -2.10. The molecule has 0 atom stereocenters. The third kappa shape index (κ3) is 3.63. The third-order valence-corrected chi connectivity index (χ3v) is 0.398. The molecule has 0 spiro atoms. The molecule has 1 amide bonds. The molecule has 0 aromatic rings. The van der Waals surface area contributed by atoms with Gasteiger partial charge in [0.2, 0.25) is 0 Å². The van der Waals surface area contributed by atoms with Gasteiger partial charge in [0.1, 0.15) is 0 Å². The number of amides is 1. The molecule has 0 rings (SSSR count). The van der Waals surface area contributed by atoms with E-state index in [2.05, 4.69) is 4.74 Å². The van der Waals surface area contributed by atoms with Crippen molar-refractivity contribution in [2.45, 2.75) is 6.11 Å². The van der Waals surface area contributed by atoms with E-state index in [1.807, 2.05) is 0 Å². The van der Waals surface area contributed by atoms with E-state index in [1.54, 1.807) is 0 Å². The third-order valence-electron chi connectivity index (χ3n) is 0.398. The second-order valence-electron chi connectivity index (χ2n) is 1.16. The van der Waals surface area contributed by atoms with E-state index in [0.29, 0.717) is 0 Å². The van der Waals surface area contributed by atoms with Gasteiger partial charge in [0.05, 0.1) is 0 Å². The Morgan fingerprint density at radius 1 is 1.67 bits per heavy atom. The highest BCUT2D eigenvalue weighted by atomic mass is 19.3. The number of alkyl halides is 3. The van der Waals surface area contributed by atoms with Gasteiger partial charge in [-0.2, -0.15) is 8.78 Å². The average molecular weight is 142 g/mol. The van der Waals surface area contributed by atoms with Crippen LogP contribution in [0.15, 0.2) is 0 Å². The first-order chi connectivity index (χ1) is 3.98. The molecular weight excluding hydrogens is 139 g/mol. The summed E-state index contributed by atoms with van der Waals surface area (Å²) >= 11 is 0. The first-order valence-electron chi connectivity index (χ1n) is 1.86. The van der Waals surface area contributed by atoms with E-state index < -0.39 is 18.9 Å². The summed E-state index contributed by atoms with van der Waals surface area (Å²) in [6.07, 6.45) is -6.09. The summed E-state index contributed by atoms with van der Waals surface area (Å²) in [4.78, 5) is 9.42. The standard InChI is InChI=1S/C3H3F3NO2/c4-1-3(5,6)9-2(7)8/h7H,1H2. The lowest BCUT2D eigenvalue weighted by molar-refractivity contribution is -0.205. The summed E-state index contributed by atoms with van der Waals surface area (Å²) in [5.41, 5.74) is 5.83. The smallest absolute Gasteiger partial charge is 0.381 e. The van der Waals surface area contributed by atoms with E-state index in [1.165, 1.54) is 0 Å². The first kappa shape index (κ1) is 8.06. The Hall–Kier alpha value is -0.940. The Morgan fingerprint density at radius 3 is 2.22 bits per heavy atom. The van der Waals surface area contributed by atoms with E-state index in [-0.39, 0.29) is 0 Å². The minimum Gasteiger partial charge on any atom is -0.381 e. The highest BCUT2D eigenvalue weighted by Crippen LogP contribution is 2.14. The molecule has 0 aliphatic carbocycles. The minimum absolute atomic E-state index is 1.95. The number of rotatable bonds is 2. The number of ether oxygens (including phenoxy) is 1. The van der Waals surface area contributed by atoms with Gasteiger partial charge >= 0.3 is 12.2 Å². The predicted octanol–water partition coefficient (Wildman–Crippen LogP) is 0.968. The number of hydrogen-bond donors (Lipinski definition) is 0. The molecule has 1 N–H and O–H groups in total. The van der Waals surface area contributed by atoms with Crippen molar-refractivity contribution in [3.63, 3.8) is 0 Å². The van der Waals surface area contributed by atoms with Gasteiger partial charge in [-0.25, -0.2) is 14.9 Å². The summed E-state index contributed by atoms with van der Waals surface area (Å²) in [6, 6.07) is 0. The lowest BCUT2D eigenvalue weighted by atomic mass is 10.7. The quantitative estimate of drug-likeness (QED) is 0.576. The van der Waals surface area contributed by atoms with Crippen molar-refractivity contribution < 1.29 is 22.7 Å². The molecule has 0 unspecified atom stereocenters. The second-order valence-corrected chi connectivity index (χ2v) is 1.16. The summed E-state index contributed by atoms with van der Waals surface area (Å²) in [5.74, 6) is 0. The number of hydrogen-bond acceptors (Lipinski definition) is 2. The number of halogens is 3. The van der Waals surface area contributed by atoms with Crippen molar-refractivity contribution in [2.24, 2.45) is 0 Å². The molecule has 53 valence electrons. The number of carbonyl (C=O) groups excluding carboxylic acids is 1. The van der Waals surface area contributed by atoms with Crippen molar-refractivity contribution in [1.29, 1.82) is 0 Å². The molecule has 0 saturated heterocycles. The monoisotopic (exact) mass is 142 g/mol. The zero-order valence-electron chi connectivity index (χ0n) is 4.16. The average Bonchev–Trinajstić information content (AvgIpc) is 1.63. The van der Waals surface area contributed by atoms with Crippen LogP contribution >= 0.6 is 0 Å². The Morgan fingerprint density at radius 2 is 2.11 bits per heavy atom. The highest BCUT2D eigenvalue weighted by Gasteiger charge is 2.33. The zero-order valence-corrected chi connectivity index (χ0v) is 4.16. The van der Waals surface area contributed by atoms with E-state index in [0.717, 1.165) is 0 Å². The fourth-order valence-electron chi connectivity index (χ4n) is 0.163. The molecule has 0 saturated carbocycles. The summed E-state index contributed by atoms with van der Waals surface area (Å²) in [5, 5.41) is 0. The van der Waals surface area contributed by atoms with Gasteiger partial charge < -0.3 is 4.74 Å². The van der Waals surface area contributed by atoms with Crippen LogP contribution in [0.3, 0.4) is 0 Å². The molecule has 3 nitrogen and oxygen atoms in total. The van der Waals surface area contributed by atoms with Gasteiger partial charge in [-0.1, -0.05) is 0 Å². The highest BCUT2D eigenvalue weighted by molar-refractivity contribution is 5.63. The molecule has 0 aliphatic heterocycles. The molecule has 0 aromatic carbocycles. The van der Waals surface area contributed by atoms with Gasteiger partial charge in [-0.05, 0) is 0 Å². The van der Waals surface area contributed by atoms with Crippen LogP contribution in [-0.4, -0.2) is 18.9 Å². The molecule has 0 aliphatic rings. The van der Waals surface area contributed by atoms with Crippen LogP contribution in [0, 0.1) is 0 Å². The fraction of sp³-hybridized carbons (Fsp3) is 0.667. The van der Waals surface area contributed by atoms with E-state index in [4.69, 9.17) is 5.73 Å². The van der Waals surface area contributed by atoms with Crippen molar-refractivity contribution in [3.8, 4) is 0 Å². The maximum atomic E-state index is 11.5. The van der Waals surface area contributed by atoms with Gasteiger partial charge in [0, 0.05) is 0 Å². The Bertz CT molecular complexity index is 116. The van der Waals surface area contributed by atoms with E-state index in [9.17, 15) is 18.0 Å². The minimum atomic E-state index is -4.14. The molecule has 0 heterocycles. The molecule has 0 fully saturated rings. The van der Waals surface area contributed by atoms with Crippen molar-refractivity contribution >= 4 is 6.09 Å². The van der Waals surface area contributed by atoms with Gasteiger partial charge in [0.15, 0.2) is 6.67 Å². The second kappa shape index (κ2) is 2.56. The lowest BCUT2D eigenvalue weighted by Gasteiger charge is -2.08. The van der Waals surface area contributed by atoms with Crippen molar-refractivity contribution in [3.05, 3.63) is 0 Å². The normalized spacial score (nSPS) is 11.0. The zero-order chi connectivity index (χ0) is 7.49. The lowest BCUT2D eigenvalue weighted by Crippen LogP contribution is -2.26. The Balaban J connectivity index is 3.71. The largest absolute Gasteiger partial charge is 0.430 e. The topological polar surface area (TPSA) is 50.1 Å².